The van der Waals surface area contributed by atoms with Crippen LogP contribution in [0.5, 0.6) is 0 Å². The zero-order valence-electron chi connectivity index (χ0n) is 39.7. The Morgan fingerprint density at radius 2 is 1.18 bits per heavy atom. The predicted octanol–water partition coefficient (Wildman–Crippen LogP) is 11.2. The van der Waals surface area contributed by atoms with Gasteiger partial charge in [0, 0.05) is 18.5 Å². The predicted molar refractivity (Wildman–Crippen MR) is 273 cm³/mol. The molecule has 3 aliphatic rings. The fraction of sp³-hybridized carbons (Fsp3) is 0.345. The lowest BCUT2D eigenvalue weighted by atomic mass is 9.97. The first kappa shape index (κ1) is 43.9. The second-order valence-corrected chi connectivity index (χ2v) is 19.3. The number of fused-ring (bicyclic) bond motifs is 4. The first-order chi connectivity index (χ1) is 33.3. The third-order valence-corrected chi connectivity index (χ3v) is 15.3. The van der Waals surface area contributed by atoms with Crippen molar-refractivity contribution in [2.24, 2.45) is 11.8 Å². The number of aromatic amines is 2. The van der Waals surface area contributed by atoms with Gasteiger partial charge in [-0.1, -0.05) is 125 Å². The van der Waals surface area contributed by atoms with Crippen LogP contribution in [0.3, 0.4) is 0 Å². The molecule has 0 bridgehead atoms. The van der Waals surface area contributed by atoms with Gasteiger partial charge in [0.15, 0.2) is 0 Å². The molecule has 2 aromatic heterocycles. The number of likely N-dealkylation sites (tertiary alicyclic amines) is 1. The number of nitrogens with one attached hydrogen (secondary N) is 3. The highest BCUT2D eigenvalue weighted by Crippen LogP contribution is 2.54. The molecule has 0 radical (unpaired) electrons. The van der Waals surface area contributed by atoms with Gasteiger partial charge in [0.05, 0.1) is 28.1 Å². The SMILES string of the molecule is CCN(CC)C(C(=O)NC1CC1CCc1nc2ccc(-c3ccc4cc(-c5ccc6nc(C7CC8CC8N7C(=O)C(c7ccccc7)N(CC)CC)[nH]c6c5)ccc4c3)cc2[nH]1)c1ccccc1. The second kappa shape index (κ2) is 18.5. The van der Waals surface area contributed by atoms with Gasteiger partial charge in [0.25, 0.3) is 0 Å². The Morgan fingerprint density at radius 1 is 0.632 bits per heavy atom. The van der Waals surface area contributed by atoms with Crippen molar-refractivity contribution in [3.05, 3.63) is 156 Å². The van der Waals surface area contributed by atoms with Gasteiger partial charge >= 0.3 is 0 Å². The number of amides is 2. The smallest absolute Gasteiger partial charge is 0.245 e. The fourth-order valence-electron chi connectivity index (χ4n) is 11.3. The van der Waals surface area contributed by atoms with Crippen LogP contribution in [0.15, 0.2) is 133 Å². The number of rotatable bonds is 17. The fourth-order valence-corrected chi connectivity index (χ4v) is 11.3. The summed E-state index contributed by atoms with van der Waals surface area (Å²) in [6.07, 6.45) is 4.87. The van der Waals surface area contributed by atoms with Gasteiger partial charge in [-0.05, 0) is 144 Å². The summed E-state index contributed by atoms with van der Waals surface area (Å²) in [6.45, 7) is 11.8. The number of aryl methyl sites for hydroxylation is 1. The maximum absolute atomic E-state index is 14.6. The van der Waals surface area contributed by atoms with E-state index >= 15 is 0 Å². The van der Waals surface area contributed by atoms with E-state index in [1.807, 2.05) is 36.4 Å². The molecule has 7 atom stereocenters. The van der Waals surface area contributed by atoms with Crippen molar-refractivity contribution in [1.82, 2.24) is 40.0 Å². The molecule has 1 aliphatic heterocycles. The van der Waals surface area contributed by atoms with Crippen LogP contribution >= 0.6 is 0 Å². The topological polar surface area (TPSA) is 113 Å². The van der Waals surface area contributed by atoms with E-state index in [1.54, 1.807) is 0 Å². The Labute approximate surface area is 399 Å². The number of H-pyrrole nitrogens is 2. The summed E-state index contributed by atoms with van der Waals surface area (Å²) in [6, 6.07) is 46.6. The van der Waals surface area contributed by atoms with Crippen LogP contribution in [-0.2, 0) is 16.0 Å². The Balaban J connectivity index is 0.752. The summed E-state index contributed by atoms with van der Waals surface area (Å²) >= 11 is 0. The monoisotopic (exact) mass is 902 g/mol. The largest absolute Gasteiger partial charge is 0.351 e. The van der Waals surface area contributed by atoms with Crippen molar-refractivity contribution in [2.75, 3.05) is 26.2 Å². The standard InChI is InChI=1S/C58H62N8O2/c1-5-64(6-2)54(36-15-11-9-12-16-36)57(67)63-48-33-44(48)25-28-53-59-46-26-23-42(31-49(46)60-53)40-21-19-39-30-41(22-20-38(39)29-40)43-24-27-47-50(32-43)62-56(61-47)52-35-45-34-51(45)66(52)58(68)55(65(7-3)8-4)37-17-13-10-14-18-37/h9-24,26-27,29-32,44-45,48,51-52,54-55H,5-8,25,28,33-35H2,1-4H3,(H,59,60)(H,61,62)(H,63,67). The zero-order valence-corrected chi connectivity index (χ0v) is 39.7. The molecule has 346 valence electrons. The lowest BCUT2D eigenvalue weighted by molar-refractivity contribution is -0.139. The van der Waals surface area contributed by atoms with Crippen LogP contribution in [0.2, 0.25) is 0 Å². The summed E-state index contributed by atoms with van der Waals surface area (Å²) in [5.74, 6) is 3.16. The molecule has 2 aliphatic carbocycles. The summed E-state index contributed by atoms with van der Waals surface area (Å²) in [5, 5.41) is 5.74. The number of likely N-dealkylation sites (N-methyl/N-ethyl adjacent to an activating group) is 2. The van der Waals surface area contributed by atoms with Crippen molar-refractivity contribution in [3.8, 4) is 22.3 Å². The average Bonchev–Trinajstić information content (AvgIpc) is 4.13. The summed E-state index contributed by atoms with van der Waals surface area (Å²) in [7, 11) is 0. The molecule has 3 fully saturated rings. The Morgan fingerprint density at radius 3 is 1.79 bits per heavy atom. The third kappa shape index (κ3) is 8.49. The van der Waals surface area contributed by atoms with Crippen molar-refractivity contribution in [2.45, 2.75) is 90.0 Å². The van der Waals surface area contributed by atoms with Gasteiger partial charge < -0.3 is 20.2 Å². The highest BCUT2D eigenvalue weighted by Gasteiger charge is 2.56. The lowest BCUT2D eigenvalue weighted by Crippen LogP contribution is -2.44. The average molecular weight is 903 g/mol. The summed E-state index contributed by atoms with van der Waals surface area (Å²) in [4.78, 5) is 52.2. The number of aromatic nitrogens is 4. The molecule has 0 spiro atoms. The summed E-state index contributed by atoms with van der Waals surface area (Å²) in [5.41, 5.74) is 10.6. The van der Waals surface area contributed by atoms with Gasteiger partial charge in [-0.25, -0.2) is 9.97 Å². The van der Waals surface area contributed by atoms with E-state index in [9.17, 15) is 9.59 Å². The Bertz CT molecular complexity index is 3100. The van der Waals surface area contributed by atoms with E-state index in [4.69, 9.17) is 9.97 Å². The second-order valence-electron chi connectivity index (χ2n) is 19.3. The number of hydrogen-bond donors (Lipinski definition) is 3. The van der Waals surface area contributed by atoms with E-state index in [-0.39, 0.29) is 42.0 Å². The Kier molecular flexibility index (Phi) is 11.9. The van der Waals surface area contributed by atoms with E-state index in [1.165, 1.54) is 10.8 Å². The quantitative estimate of drug-likeness (QED) is 0.0839. The number of imidazole rings is 2. The molecule has 2 amide bonds. The van der Waals surface area contributed by atoms with Gasteiger partial charge in [-0.3, -0.25) is 19.4 Å². The maximum atomic E-state index is 14.6. The molecule has 6 aromatic carbocycles. The molecule has 2 saturated carbocycles. The molecule has 68 heavy (non-hydrogen) atoms. The molecular formula is C58H62N8O2. The highest BCUT2D eigenvalue weighted by atomic mass is 16.2. The van der Waals surface area contributed by atoms with Crippen LogP contribution < -0.4 is 5.32 Å². The third-order valence-electron chi connectivity index (χ3n) is 15.3. The molecule has 8 aromatic rings. The van der Waals surface area contributed by atoms with Crippen molar-refractivity contribution < 1.29 is 9.59 Å². The number of carbonyl (C=O) groups excluding carboxylic acids is 2. The van der Waals surface area contributed by atoms with Gasteiger partial charge in [-0.2, -0.15) is 0 Å². The van der Waals surface area contributed by atoms with Crippen LogP contribution in [0.1, 0.15) is 94.3 Å². The van der Waals surface area contributed by atoms with Crippen LogP contribution in [0.25, 0.3) is 55.1 Å². The minimum Gasteiger partial charge on any atom is -0.351 e. The molecule has 10 heteroatoms. The molecule has 7 unspecified atom stereocenters. The van der Waals surface area contributed by atoms with E-state index in [2.05, 4.69) is 155 Å². The minimum atomic E-state index is -0.306. The van der Waals surface area contributed by atoms with Crippen molar-refractivity contribution >= 4 is 44.7 Å². The van der Waals surface area contributed by atoms with Crippen LogP contribution in [-0.4, -0.2) is 84.7 Å². The van der Waals surface area contributed by atoms with E-state index < -0.39 is 0 Å². The van der Waals surface area contributed by atoms with Crippen molar-refractivity contribution in [3.63, 3.8) is 0 Å². The molecule has 3 N–H and O–H groups in total. The van der Waals surface area contributed by atoms with Crippen molar-refractivity contribution in [1.29, 1.82) is 0 Å². The van der Waals surface area contributed by atoms with Gasteiger partial charge in [-0.15, -0.1) is 0 Å². The Hall–Kier alpha value is -6.62. The molecule has 1 saturated heterocycles. The van der Waals surface area contributed by atoms with E-state index in [0.29, 0.717) is 11.8 Å². The highest BCUT2D eigenvalue weighted by molar-refractivity contribution is 5.93. The van der Waals surface area contributed by atoms with Crippen LogP contribution in [0.4, 0.5) is 0 Å². The van der Waals surface area contributed by atoms with E-state index in [0.717, 1.165) is 125 Å². The number of hydrogen-bond acceptors (Lipinski definition) is 6. The first-order valence-electron chi connectivity index (χ1n) is 25.0. The normalized spacial score (nSPS) is 20.6. The molecule has 11 rings (SSSR count). The molecule has 10 nitrogen and oxygen atoms in total. The number of piperidine rings is 1. The number of carbonyl (C=O) groups is 2. The maximum Gasteiger partial charge on any atom is 0.245 e. The minimum absolute atomic E-state index is 0.0608. The summed E-state index contributed by atoms with van der Waals surface area (Å²) < 4.78 is 0. The van der Waals surface area contributed by atoms with Gasteiger partial charge in [0.1, 0.15) is 23.7 Å². The number of benzene rings is 6. The molecular weight excluding hydrogens is 841 g/mol. The van der Waals surface area contributed by atoms with Gasteiger partial charge in [0.2, 0.25) is 11.8 Å². The lowest BCUT2D eigenvalue weighted by Gasteiger charge is -2.35. The first-order valence-corrected chi connectivity index (χ1v) is 25.0. The zero-order chi connectivity index (χ0) is 46.5. The number of nitrogens with zero attached hydrogens (tertiary/aromatic N) is 5. The van der Waals surface area contributed by atoms with Crippen LogP contribution in [0, 0.1) is 11.8 Å². The molecule has 3 heterocycles.